The number of fused-ring (bicyclic) bond motifs is 1. The fraction of sp³-hybridized carbons (Fsp3) is 0.286. The van der Waals surface area contributed by atoms with Crippen molar-refractivity contribution in [3.63, 3.8) is 0 Å². The maximum atomic E-state index is 12.7. The molecule has 148 valence electrons. The molecule has 1 heterocycles. The lowest BCUT2D eigenvalue weighted by molar-refractivity contribution is -0.307. The summed E-state index contributed by atoms with van der Waals surface area (Å²) in [7, 11) is -4.00. The summed E-state index contributed by atoms with van der Waals surface area (Å²) in [6.07, 6.45) is 1.67. The van der Waals surface area contributed by atoms with Crippen molar-refractivity contribution in [2.75, 3.05) is 0 Å². The van der Waals surface area contributed by atoms with Gasteiger partial charge < -0.3 is 14.9 Å². The number of rotatable bonds is 6. The molecule has 0 saturated carbocycles. The van der Waals surface area contributed by atoms with Gasteiger partial charge in [0, 0.05) is 17.1 Å². The maximum absolute atomic E-state index is 12.7. The number of carbonyl (C=O) groups is 1. The van der Waals surface area contributed by atoms with Crippen molar-refractivity contribution < 1.29 is 18.3 Å². The zero-order valence-corrected chi connectivity index (χ0v) is 16.8. The summed E-state index contributed by atoms with van der Waals surface area (Å²) >= 11 is 0. The fourth-order valence-corrected chi connectivity index (χ4v) is 4.27. The Labute approximate surface area is 164 Å². The summed E-state index contributed by atoms with van der Waals surface area (Å²) < 4.78 is 27.6. The number of H-pyrrole nitrogens is 1. The molecule has 3 aromatic rings. The second-order valence-electron chi connectivity index (χ2n) is 7.83. The number of hydrogen-bond acceptors (Lipinski definition) is 4. The number of aromatic amines is 1. The third kappa shape index (κ3) is 4.26. The van der Waals surface area contributed by atoms with Gasteiger partial charge in [-0.1, -0.05) is 51.1 Å². The Bertz CT molecular complexity index is 1090. The van der Waals surface area contributed by atoms with Crippen LogP contribution in [0.5, 0.6) is 0 Å². The number of carbonyl (C=O) groups excluding carboxylic acids is 1. The van der Waals surface area contributed by atoms with Gasteiger partial charge in [0.05, 0.1) is 16.9 Å². The summed E-state index contributed by atoms with van der Waals surface area (Å²) in [5, 5.41) is 12.5. The van der Waals surface area contributed by atoms with Gasteiger partial charge in [-0.3, -0.25) is 0 Å². The van der Waals surface area contributed by atoms with Gasteiger partial charge in [-0.2, -0.15) is 0 Å². The van der Waals surface area contributed by atoms with Crippen molar-refractivity contribution in [1.82, 2.24) is 9.71 Å². The van der Waals surface area contributed by atoms with E-state index in [1.54, 1.807) is 18.3 Å². The van der Waals surface area contributed by atoms with Gasteiger partial charge in [-0.05, 0) is 41.2 Å². The van der Waals surface area contributed by atoms with E-state index >= 15 is 0 Å². The molecule has 0 aliphatic heterocycles. The molecule has 28 heavy (non-hydrogen) atoms. The van der Waals surface area contributed by atoms with Crippen LogP contribution in [0.3, 0.4) is 0 Å². The molecule has 0 spiro atoms. The van der Waals surface area contributed by atoms with Crippen LogP contribution in [-0.4, -0.2) is 25.4 Å². The SMILES string of the molecule is CC(C)(C)c1ccc(S(=O)(=O)N[C@H](Cc2c[nH]c3ccccc23)C(=O)[O-])cc1. The van der Waals surface area contributed by atoms with Crippen LogP contribution in [0.25, 0.3) is 10.9 Å². The highest BCUT2D eigenvalue weighted by Gasteiger charge is 2.23. The van der Waals surface area contributed by atoms with E-state index in [9.17, 15) is 18.3 Å². The van der Waals surface area contributed by atoms with E-state index in [0.717, 1.165) is 16.5 Å². The van der Waals surface area contributed by atoms with E-state index in [-0.39, 0.29) is 16.7 Å². The first kappa shape index (κ1) is 20.1. The normalized spacial score (nSPS) is 13.5. The number of para-hydroxylation sites is 1. The van der Waals surface area contributed by atoms with Gasteiger partial charge in [0.15, 0.2) is 0 Å². The maximum Gasteiger partial charge on any atom is 0.241 e. The predicted molar refractivity (Wildman–Crippen MR) is 106 cm³/mol. The lowest BCUT2D eigenvalue weighted by atomic mass is 9.87. The van der Waals surface area contributed by atoms with Gasteiger partial charge in [-0.25, -0.2) is 13.1 Å². The largest absolute Gasteiger partial charge is 0.548 e. The highest BCUT2D eigenvalue weighted by Crippen LogP contribution is 2.24. The Balaban J connectivity index is 1.84. The minimum absolute atomic E-state index is 0.0191. The van der Waals surface area contributed by atoms with E-state index in [2.05, 4.69) is 9.71 Å². The number of aromatic nitrogens is 1. The number of hydrogen-bond donors (Lipinski definition) is 2. The van der Waals surface area contributed by atoms with E-state index in [4.69, 9.17) is 0 Å². The van der Waals surface area contributed by atoms with Crippen LogP contribution < -0.4 is 9.83 Å². The summed E-state index contributed by atoms with van der Waals surface area (Å²) in [5.74, 6) is -1.47. The average Bonchev–Trinajstić information content (AvgIpc) is 3.03. The van der Waals surface area contributed by atoms with Gasteiger partial charge in [0.25, 0.3) is 0 Å². The zero-order valence-electron chi connectivity index (χ0n) is 16.0. The summed E-state index contributed by atoms with van der Waals surface area (Å²) in [5.41, 5.74) is 2.44. The molecule has 0 aliphatic carbocycles. The van der Waals surface area contributed by atoms with E-state index in [0.29, 0.717) is 5.56 Å². The van der Waals surface area contributed by atoms with Crippen molar-refractivity contribution in [3.8, 4) is 0 Å². The smallest absolute Gasteiger partial charge is 0.241 e. The van der Waals surface area contributed by atoms with Crippen LogP contribution in [0.15, 0.2) is 59.6 Å². The molecule has 6 nitrogen and oxygen atoms in total. The second-order valence-corrected chi connectivity index (χ2v) is 9.54. The minimum Gasteiger partial charge on any atom is -0.548 e. The second kappa shape index (κ2) is 7.41. The van der Waals surface area contributed by atoms with Gasteiger partial charge >= 0.3 is 0 Å². The van der Waals surface area contributed by atoms with Crippen LogP contribution in [0.4, 0.5) is 0 Å². The molecule has 2 aromatic carbocycles. The number of carboxylic acids is 1. The first-order valence-electron chi connectivity index (χ1n) is 8.97. The third-order valence-corrected chi connectivity index (χ3v) is 6.20. The third-order valence-electron chi connectivity index (χ3n) is 4.71. The first-order chi connectivity index (χ1) is 13.1. The highest BCUT2D eigenvalue weighted by molar-refractivity contribution is 7.89. The molecule has 0 fully saturated rings. The van der Waals surface area contributed by atoms with Crippen molar-refractivity contribution in [2.24, 2.45) is 0 Å². The minimum atomic E-state index is -4.00. The molecule has 0 saturated heterocycles. The van der Waals surface area contributed by atoms with Crippen LogP contribution >= 0.6 is 0 Å². The van der Waals surface area contributed by atoms with Crippen molar-refractivity contribution in [1.29, 1.82) is 0 Å². The van der Waals surface area contributed by atoms with Crippen LogP contribution in [0, 0.1) is 0 Å². The summed E-state index contributed by atoms with van der Waals surface area (Å²) in [6, 6.07) is 12.5. The Morgan fingerprint density at radius 1 is 1.11 bits per heavy atom. The fourth-order valence-electron chi connectivity index (χ4n) is 3.08. The Morgan fingerprint density at radius 2 is 1.75 bits per heavy atom. The number of carboxylic acid groups (broad SMARTS) is 1. The zero-order chi connectivity index (χ0) is 20.5. The van der Waals surface area contributed by atoms with Gasteiger partial charge in [-0.15, -0.1) is 0 Å². The molecule has 0 aliphatic rings. The summed E-state index contributed by atoms with van der Waals surface area (Å²) in [4.78, 5) is 14.7. The number of sulfonamides is 1. The highest BCUT2D eigenvalue weighted by atomic mass is 32.2. The molecule has 0 radical (unpaired) electrons. The van der Waals surface area contributed by atoms with E-state index in [1.807, 2.05) is 45.0 Å². The quantitative estimate of drug-likeness (QED) is 0.663. The molecule has 1 atom stereocenters. The number of benzene rings is 2. The Kier molecular flexibility index (Phi) is 5.32. The standard InChI is InChI=1S/C21H24N2O4S/c1-21(2,3)15-8-10-16(11-9-15)28(26,27)23-19(20(24)25)12-14-13-22-18-7-5-4-6-17(14)18/h4-11,13,19,22-23H,12H2,1-3H3,(H,24,25)/p-1/t19-/m1/s1. The molecule has 3 rings (SSSR count). The molecule has 0 bridgehead atoms. The van der Waals surface area contributed by atoms with Gasteiger partial charge in [0.2, 0.25) is 10.0 Å². The molecule has 1 aromatic heterocycles. The molecule has 0 unspecified atom stereocenters. The predicted octanol–water partition coefficient (Wildman–Crippen LogP) is 2.10. The van der Waals surface area contributed by atoms with Crippen molar-refractivity contribution in [3.05, 3.63) is 65.9 Å². The lowest BCUT2D eigenvalue weighted by Gasteiger charge is -2.21. The molecular weight excluding hydrogens is 376 g/mol. The Morgan fingerprint density at radius 3 is 2.36 bits per heavy atom. The number of aliphatic carboxylic acids is 1. The molecule has 2 N–H and O–H groups in total. The number of nitrogens with one attached hydrogen (secondary N) is 2. The molecule has 7 heteroatoms. The van der Waals surface area contributed by atoms with E-state index < -0.39 is 22.0 Å². The Hall–Kier alpha value is -2.64. The molecule has 0 amide bonds. The molecular formula is C21H23N2O4S-. The van der Waals surface area contributed by atoms with Crippen LogP contribution in [-0.2, 0) is 26.7 Å². The van der Waals surface area contributed by atoms with Crippen LogP contribution in [0.2, 0.25) is 0 Å². The van der Waals surface area contributed by atoms with E-state index in [1.165, 1.54) is 12.1 Å². The van der Waals surface area contributed by atoms with Crippen molar-refractivity contribution in [2.45, 2.75) is 43.5 Å². The lowest BCUT2D eigenvalue weighted by Crippen LogP contribution is -2.49. The van der Waals surface area contributed by atoms with Crippen LogP contribution in [0.1, 0.15) is 31.9 Å². The first-order valence-corrected chi connectivity index (χ1v) is 10.4. The average molecular weight is 399 g/mol. The summed E-state index contributed by atoms with van der Waals surface area (Å²) in [6.45, 7) is 6.09. The van der Waals surface area contributed by atoms with Crippen molar-refractivity contribution >= 4 is 26.9 Å². The monoisotopic (exact) mass is 399 g/mol. The van der Waals surface area contributed by atoms with Gasteiger partial charge in [0.1, 0.15) is 0 Å². The topological polar surface area (TPSA) is 102 Å².